The van der Waals surface area contributed by atoms with Crippen LogP contribution in [0.15, 0.2) is 40.7 Å². The minimum Gasteiger partial charge on any atom is -0.465 e. The zero-order valence-corrected chi connectivity index (χ0v) is 19.8. The molecule has 0 aliphatic rings. The molecule has 1 heterocycles. The number of ether oxygens (including phenoxy) is 1. The average molecular weight is 436 g/mol. The number of carbonyl (C=O) groups is 1. The Bertz CT molecular complexity index is 1120. The highest BCUT2D eigenvalue weighted by Crippen LogP contribution is 2.30. The van der Waals surface area contributed by atoms with E-state index in [0.29, 0.717) is 5.56 Å². The smallest absolute Gasteiger partial charge is 0.338 e. The van der Waals surface area contributed by atoms with E-state index in [1.807, 2.05) is 48.8 Å². The normalized spacial score (nSPS) is 11.2. The summed E-state index contributed by atoms with van der Waals surface area (Å²) >= 11 is 1.61. The van der Waals surface area contributed by atoms with Gasteiger partial charge in [-0.25, -0.2) is 14.8 Å². The van der Waals surface area contributed by atoms with Crippen molar-refractivity contribution < 1.29 is 9.53 Å². The van der Waals surface area contributed by atoms with Crippen LogP contribution in [0.1, 0.15) is 44.5 Å². The van der Waals surface area contributed by atoms with E-state index in [-0.39, 0.29) is 5.97 Å². The number of rotatable bonds is 7. The number of thiazole rings is 1. The molecule has 0 saturated carbocycles. The van der Waals surface area contributed by atoms with Crippen molar-refractivity contribution in [1.29, 1.82) is 0 Å². The van der Waals surface area contributed by atoms with Gasteiger partial charge in [0.15, 0.2) is 0 Å². The molecule has 0 spiro atoms. The van der Waals surface area contributed by atoms with Gasteiger partial charge in [0.25, 0.3) is 0 Å². The lowest BCUT2D eigenvalue weighted by molar-refractivity contribution is 0.0601. The highest BCUT2D eigenvalue weighted by molar-refractivity contribution is 7.10. The van der Waals surface area contributed by atoms with E-state index < -0.39 is 0 Å². The second-order valence-electron chi connectivity index (χ2n) is 7.73. The van der Waals surface area contributed by atoms with Crippen LogP contribution in [0.3, 0.4) is 0 Å². The highest BCUT2D eigenvalue weighted by atomic mass is 32.1. The lowest BCUT2D eigenvalue weighted by Gasteiger charge is -2.11. The molecule has 0 unspecified atom stereocenters. The first kappa shape index (κ1) is 22.7. The molecule has 0 saturated heterocycles. The molecule has 1 aromatic heterocycles. The number of aromatic nitrogens is 1. The molecule has 6 heteroatoms. The van der Waals surface area contributed by atoms with Crippen molar-refractivity contribution in [3.63, 3.8) is 0 Å². The van der Waals surface area contributed by atoms with Gasteiger partial charge in [-0.15, -0.1) is 11.3 Å². The van der Waals surface area contributed by atoms with Crippen LogP contribution in [0, 0.1) is 20.8 Å². The number of hydrogen-bond acceptors (Lipinski definition) is 5. The standard InChI is InChI=1S/C25H29N3O2S/c1-7-28(5)15-26-22-12-17(3)19(11-18(22)4)13-24-27-23(14-31-24)20-9-8-16(2)10-21(20)25(29)30-6/h8-12,14-15H,7,13H2,1-6H3/b26-15+. The van der Waals surface area contributed by atoms with Crippen LogP contribution in [-0.4, -0.2) is 42.9 Å². The number of aryl methyl sites for hydroxylation is 3. The minimum atomic E-state index is -0.343. The van der Waals surface area contributed by atoms with Crippen molar-refractivity contribution in [1.82, 2.24) is 9.88 Å². The van der Waals surface area contributed by atoms with Gasteiger partial charge in [0.2, 0.25) is 0 Å². The zero-order chi connectivity index (χ0) is 22.5. The predicted octanol–water partition coefficient (Wildman–Crippen LogP) is 5.72. The molecule has 31 heavy (non-hydrogen) atoms. The predicted molar refractivity (Wildman–Crippen MR) is 129 cm³/mol. The number of aliphatic imine (C=N–C) groups is 1. The number of hydrogen-bond donors (Lipinski definition) is 0. The van der Waals surface area contributed by atoms with Gasteiger partial charge in [-0.05, 0) is 56.5 Å². The van der Waals surface area contributed by atoms with Gasteiger partial charge in [0.1, 0.15) is 0 Å². The topological polar surface area (TPSA) is 54.8 Å². The summed E-state index contributed by atoms with van der Waals surface area (Å²) in [5.74, 6) is -0.343. The maximum atomic E-state index is 12.2. The summed E-state index contributed by atoms with van der Waals surface area (Å²) < 4.78 is 4.96. The van der Waals surface area contributed by atoms with Gasteiger partial charge in [-0.2, -0.15) is 0 Å². The quantitative estimate of drug-likeness (QED) is 0.270. The van der Waals surface area contributed by atoms with E-state index in [2.05, 4.69) is 37.9 Å². The van der Waals surface area contributed by atoms with E-state index >= 15 is 0 Å². The molecule has 3 aromatic rings. The first-order valence-electron chi connectivity index (χ1n) is 10.3. The fourth-order valence-electron chi connectivity index (χ4n) is 3.27. The summed E-state index contributed by atoms with van der Waals surface area (Å²) in [4.78, 5) is 23.7. The SMILES string of the molecule is CCN(C)/C=N/c1cc(C)c(Cc2nc(-c3ccc(C)cc3C(=O)OC)cs2)cc1C. The molecule has 0 atom stereocenters. The number of esters is 1. The summed E-state index contributed by atoms with van der Waals surface area (Å²) in [6, 6.07) is 10.1. The third-order valence-corrected chi connectivity index (χ3v) is 6.15. The molecule has 0 fully saturated rings. The Morgan fingerprint density at radius 2 is 1.97 bits per heavy atom. The molecule has 162 valence electrons. The van der Waals surface area contributed by atoms with Crippen molar-refractivity contribution in [2.45, 2.75) is 34.1 Å². The van der Waals surface area contributed by atoms with E-state index in [4.69, 9.17) is 9.72 Å². The lowest BCUT2D eigenvalue weighted by atomic mass is 10.0. The first-order chi connectivity index (χ1) is 14.8. The number of nitrogens with zero attached hydrogens (tertiary/aromatic N) is 3. The Morgan fingerprint density at radius 1 is 1.19 bits per heavy atom. The highest BCUT2D eigenvalue weighted by Gasteiger charge is 2.16. The van der Waals surface area contributed by atoms with Gasteiger partial charge in [0.05, 0.1) is 35.4 Å². The van der Waals surface area contributed by atoms with Crippen molar-refractivity contribution in [2.24, 2.45) is 4.99 Å². The first-order valence-corrected chi connectivity index (χ1v) is 11.2. The maximum Gasteiger partial charge on any atom is 0.338 e. The molecule has 3 rings (SSSR count). The van der Waals surface area contributed by atoms with Crippen LogP contribution in [0.4, 0.5) is 5.69 Å². The van der Waals surface area contributed by atoms with Crippen LogP contribution in [0.2, 0.25) is 0 Å². The summed E-state index contributed by atoms with van der Waals surface area (Å²) in [7, 11) is 3.42. The minimum absolute atomic E-state index is 0.343. The Kier molecular flexibility index (Phi) is 7.23. The van der Waals surface area contributed by atoms with Gasteiger partial charge in [0, 0.05) is 31.0 Å². The van der Waals surface area contributed by atoms with Gasteiger partial charge < -0.3 is 9.64 Å². The fourth-order valence-corrected chi connectivity index (χ4v) is 4.09. The molecule has 0 aliphatic heterocycles. The molecular weight excluding hydrogens is 406 g/mol. The van der Waals surface area contributed by atoms with Gasteiger partial charge >= 0.3 is 5.97 Å². The number of carbonyl (C=O) groups excluding carboxylic acids is 1. The van der Waals surface area contributed by atoms with Gasteiger partial charge in [-0.3, -0.25) is 0 Å². The maximum absolute atomic E-state index is 12.2. The fraction of sp³-hybridized carbons (Fsp3) is 0.320. The summed E-state index contributed by atoms with van der Waals surface area (Å²) in [5, 5.41) is 3.02. The molecular formula is C25H29N3O2S. The summed E-state index contributed by atoms with van der Waals surface area (Å²) in [5.41, 5.74) is 7.73. The largest absolute Gasteiger partial charge is 0.465 e. The molecule has 0 amide bonds. The molecule has 0 radical (unpaired) electrons. The monoisotopic (exact) mass is 435 g/mol. The molecule has 2 aromatic carbocycles. The molecule has 0 aliphatic carbocycles. The van der Waals surface area contributed by atoms with Crippen molar-refractivity contribution in [3.8, 4) is 11.3 Å². The van der Waals surface area contributed by atoms with Crippen LogP contribution >= 0.6 is 11.3 Å². The number of methoxy groups -OCH3 is 1. The van der Waals surface area contributed by atoms with E-state index in [0.717, 1.165) is 46.0 Å². The zero-order valence-electron chi connectivity index (χ0n) is 19.0. The average Bonchev–Trinajstić information content (AvgIpc) is 3.22. The Morgan fingerprint density at radius 3 is 2.68 bits per heavy atom. The second-order valence-corrected chi connectivity index (χ2v) is 8.67. The Labute approximate surface area is 188 Å². The van der Waals surface area contributed by atoms with Crippen molar-refractivity contribution in [3.05, 3.63) is 68.5 Å². The van der Waals surface area contributed by atoms with Crippen LogP contribution < -0.4 is 0 Å². The van der Waals surface area contributed by atoms with E-state index in [9.17, 15) is 4.79 Å². The number of benzene rings is 2. The summed E-state index contributed by atoms with van der Waals surface area (Å²) in [6.07, 6.45) is 2.62. The summed E-state index contributed by atoms with van der Waals surface area (Å²) in [6.45, 7) is 9.18. The van der Waals surface area contributed by atoms with Crippen LogP contribution in [0.25, 0.3) is 11.3 Å². The van der Waals surface area contributed by atoms with E-state index in [1.165, 1.54) is 18.2 Å². The third kappa shape index (κ3) is 5.39. The third-order valence-electron chi connectivity index (χ3n) is 5.30. The van der Waals surface area contributed by atoms with E-state index in [1.54, 1.807) is 11.3 Å². The second kappa shape index (κ2) is 9.88. The molecule has 0 bridgehead atoms. The van der Waals surface area contributed by atoms with Crippen LogP contribution in [0.5, 0.6) is 0 Å². The van der Waals surface area contributed by atoms with Crippen molar-refractivity contribution in [2.75, 3.05) is 20.7 Å². The Hall–Kier alpha value is -2.99. The Balaban J connectivity index is 1.86. The van der Waals surface area contributed by atoms with Crippen molar-refractivity contribution >= 4 is 29.3 Å². The molecule has 5 nitrogen and oxygen atoms in total. The lowest BCUT2D eigenvalue weighted by Crippen LogP contribution is -2.14. The molecule has 0 N–H and O–H groups in total. The van der Waals surface area contributed by atoms with Gasteiger partial charge in [-0.1, -0.05) is 23.8 Å². The van der Waals surface area contributed by atoms with Crippen LogP contribution in [-0.2, 0) is 11.2 Å².